The third-order valence-corrected chi connectivity index (χ3v) is 4.17. The van der Waals surface area contributed by atoms with Crippen molar-refractivity contribution in [2.75, 3.05) is 13.6 Å². The Morgan fingerprint density at radius 1 is 1.14 bits per heavy atom. The molecule has 0 aliphatic carbocycles. The van der Waals surface area contributed by atoms with E-state index in [0.29, 0.717) is 0 Å². The van der Waals surface area contributed by atoms with E-state index in [9.17, 15) is 5.11 Å². The van der Waals surface area contributed by atoms with Gasteiger partial charge in [-0.2, -0.15) is 0 Å². The van der Waals surface area contributed by atoms with Crippen molar-refractivity contribution in [2.24, 2.45) is 0 Å². The summed E-state index contributed by atoms with van der Waals surface area (Å²) in [4.78, 5) is 2.24. The lowest BCUT2D eigenvalue weighted by Crippen LogP contribution is -2.21. The number of halogens is 1. The first-order valence-corrected chi connectivity index (χ1v) is 8.02. The number of benzene rings is 2. The topological polar surface area (TPSA) is 23.5 Å². The molecule has 0 radical (unpaired) electrons. The highest BCUT2D eigenvalue weighted by atomic mass is 79.9. The van der Waals surface area contributed by atoms with E-state index in [1.807, 2.05) is 37.3 Å². The average molecular weight is 348 g/mol. The molecule has 1 unspecified atom stereocenters. The van der Waals surface area contributed by atoms with Gasteiger partial charge in [0.05, 0.1) is 6.10 Å². The van der Waals surface area contributed by atoms with Gasteiger partial charge in [-0.15, -0.1) is 0 Å². The molecule has 2 aromatic rings. The molecule has 3 heteroatoms. The molecule has 1 N–H and O–H groups in total. The second kappa shape index (κ2) is 7.74. The molecule has 112 valence electrons. The standard InChI is InChI=1S/C18H22BrNO/c1-14-6-3-4-9-17(14)18(21)10-11-20(2)13-15-7-5-8-16(19)12-15/h3-9,12,18,21H,10-11,13H2,1-2H3. The molecule has 0 saturated heterocycles. The number of nitrogens with zero attached hydrogens (tertiary/aromatic N) is 1. The van der Waals surface area contributed by atoms with Crippen LogP contribution in [0.2, 0.25) is 0 Å². The summed E-state index contributed by atoms with van der Waals surface area (Å²) in [6.45, 7) is 3.80. The minimum absolute atomic E-state index is 0.392. The number of hydrogen-bond donors (Lipinski definition) is 1. The maximum atomic E-state index is 10.3. The molecule has 0 aliphatic heterocycles. The van der Waals surface area contributed by atoms with Crippen LogP contribution in [-0.4, -0.2) is 23.6 Å². The summed E-state index contributed by atoms with van der Waals surface area (Å²) in [7, 11) is 2.09. The Balaban J connectivity index is 1.86. The van der Waals surface area contributed by atoms with E-state index in [-0.39, 0.29) is 0 Å². The Morgan fingerprint density at radius 3 is 2.62 bits per heavy atom. The molecule has 1 atom stereocenters. The average Bonchev–Trinajstić information content (AvgIpc) is 2.45. The van der Waals surface area contributed by atoms with Gasteiger partial charge in [-0.3, -0.25) is 0 Å². The largest absolute Gasteiger partial charge is 0.388 e. The van der Waals surface area contributed by atoms with Crippen LogP contribution in [0.3, 0.4) is 0 Å². The molecule has 2 rings (SSSR count). The van der Waals surface area contributed by atoms with Crippen molar-refractivity contribution >= 4 is 15.9 Å². The normalized spacial score (nSPS) is 12.6. The Bertz CT molecular complexity index is 585. The Labute approximate surface area is 135 Å². The van der Waals surface area contributed by atoms with Gasteiger partial charge in [-0.25, -0.2) is 0 Å². The first-order valence-electron chi connectivity index (χ1n) is 7.23. The van der Waals surface area contributed by atoms with E-state index >= 15 is 0 Å². The highest BCUT2D eigenvalue weighted by molar-refractivity contribution is 9.10. The summed E-state index contributed by atoms with van der Waals surface area (Å²) in [6.07, 6.45) is 0.353. The fourth-order valence-corrected chi connectivity index (χ4v) is 2.93. The van der Waals surface area contributed by atoms with Gasteiger partial charge in [-0.05, 0) is 49.2 Å². The van der Waals surface area contributed by atoms with Gasteiger partial charge >= 0.3 is 0 Å². The second-order valence-electron chi connectivity index (χ2n) is 5.53. The van der Waals surface area contributed by atoms with Gasteiger partial charge in [0.15, 0.2) is 0 Å². The molecule has 0 bridgehead atoms. The van der Waals surface area contributed by atoms with Crippen LogP contribution < -0.4 is 0 Å². The van der Waals surface area contributed by atoms with Gasteiger partial charge in [0.1, 0.15) is 0 Å². The summed E-state index contributed by atoms with van der Waals surface area (Å²) in [5, 5.41) is 10.3. The van der Waals surface area contributed by atoms with Crippen LogP contribution in [0, 0.1) is 6.92 Å². The number of hydrogen-bond acceptors (Lipinski definition) is 2. The maximum absolute atomic E-state index is 10.3. The molecule has 2 nitrogen and oxygen atoms in total. The molecular formula is C18H22BrNO. The lowest BCUT2D eigenvalue weighted by atomic mass is 10.0. The third-order valence-electron chi connectivity index (χ3n) is 3.67. The van der Waals surface area contributed by atoms with Gasteiger partial charge in [-0.1, -0.05) is 52.3 Å². The van der Waals surface area contributed by atoms with Crippen molar-refractivity contribution in [3.05, 3.63) is 69.7 Å². The van der Waals surface area contributed by atoms with Crippen LogP contribution in [-0.2, 0) is 6.54 Å². The number of rotatable bonds is 6. The van der Waals surface area contributed by atoms with Crippen molar-refractivity contribution in [3.8, 4) is 0 Å². The zero-order chi connectivity index (χ0) is 15.2. The number of aryl methyl sites for hydroxylation is 1. The van der Waals surface area contributed by atoms with E-state index in [2.05, 4.69) is 46.1 Å². The first kappa shape index (κ1) is 16.2. The summed E-state index contributed by atoms with van der Waals surface area (Å²) >= 11 is 3.49. The lowest BCUT2D eigenvalue weighted by Gasteiger charge is -2.20. The molecule has 0 aliphatic rings. The number of aliphatic hydroxyl groups is 1. The molecule has 0 saturated carbocycles. The first-order chi connectivity index (χ1) is 10.1. The predicted octanol–water partition coefficient (Wildman–Crippen LogP) is 4.31. The monoisotopic (exact) mass is 347 g/mol. The zero-order valence-electron chi connectivity index (χ0n) is 12.6. The highest BCUT2D eigenvalue weighted by Crippen LogP contribution is 2.21. The molecule has 0 heterocycles. The summed E-state index contributed by atoms with van der Waals surface area (Å²) in [5.74, 6) is 0. The Kier molecular flexibility index (Phi) is 5.97. The van der Waals surface area contributed by atoms with E-state index in [1.165, 1.54) is 5.56 Å². The fourth-order valence-electron chi connectivity index (χ4n) is 2.48. The SMILES string of the molecule is Cc1ccccc1C(O)CCN(C)Cc1cccc(Br)c1. The van der Waals surface area contributed by atoms with E-state index in [1.54, 1.807) is 0 Å². The third kappa shape index (κ3) is 4.95. The van der Waals surface area contributed by atoms with Gasteiger partial charge in [0.25, 0.3) is 0 Å². The van der Waals surface area contributed by atoms with Crippen LogP contribution in [0.4, 0.5) is 0 Å². The second-order valence-corrected chi connectivity index (χ2v) is 6.44. The lowest BCUT2D eigenvalue weighted by molar-refractivity contribution is 0.147. The van der Waals surface area contributed by atoms with Crippen LogP contribution in [0.15, 0.2) is 53.0 Å². The number of aliphatic hydroxyl groups excluding tert-OH is 1. The summed E-state index contributed by atoms with van der Waals surface area (Å²) in [5.41, 5.74) is 3.46. The minimum atomic E-state index is -0.392. The molecule has 0 fully saturated rings. The summed E-state index contributed by atoms with van der Waals surface area (Å²) < 4.78 is 1.10. The summed E-state index contributed by atoms with van der Waals surface area (Å²) in [6, 6.07) is 16.4. The van der Waals surface area contributed by atoms with Crippen molar-refractivity contribution in [1.82, 2.24) is 4.90 Å². The molecule has 0 amide bonds. The van der Waals surface area contributed by atoms with E-state index in [4.69, 9.17) is 0 Å². The maximum Gasteiger partial charge on any atom is 0.0804 e. The molecule has 21 heavy (non-hydrogen) atoms. The molecule has 0 aromatic heterocycles. The fraction of sp³-hybridized carbons (Fsp3) is 0.333. The van der Waals surface area contributed by atoms with Crippen molar-refractivity contribution in [2.45, 2.75) is 26.0 Å². The van der Waals surface area contributed by atoms with Crippen molar-refractivity contribution in [3.63, 3.8) is 0 Å². The van der Waals surface area contributed by atoms with Crippen LogP contribution >= 0.6 is 15.9 Å². The van der Waals surface area contributed by atoms with Gasteiger partial charge in [0.2, 0.25) is 0 Å². The van der Waals surface area contributed by atoms with Crippen molar-refractivity contribution in [1.29, 1.82) is 0 Å². The van der Waals surface area contributed by atoms with Crippen LogP contribution in [0.5, 0.6) is 0 Å². The minimum Gasteiger partial charge on any atom is -0.388 e. The highest BCUT2D eigenvalue weighted by Gasteiger charge is 2.11. The van der Waals surface area contributed by atoms with Crippen LogP contribution in [0.25, 0.3) is 0 Å². The van der Waals surface area contributed by atoms with Gasteiger partial charge < -0.3 is 10.0 Å². The quantitative estimate of drug-likeness (QED) is 0.841. The molecule has 0 spiro atoms. The predicted molar refractivity (Wildman–Crippen MR) is 91.2 cm³/mol. The smallest absolute Gasteiger partial charge is 0.0804 e. The van der Waals surface area contributed by atoms with Crippen molar-refractivity contribution < 1.29 is 5.11 Å². The zero-order valence-corrected chi connectivity index (χ0v) is 14.2. The van der Waals surface area contributed by atoms with Crippen LogP contribution in [0.1, 0.15) is 29.2 Å². The molecule has 2 aromatic carbocycles. The van der Waals surface area contributed by atoms with E-state index in [0.717, 1.165) is 35.1 Å². The molecular weight excluding hydrogens is 326 g/mol. The Morgan fingerprint density at radius 2 is 1.90 bits per heavy atom. The van der Waals surface area contributed by atoms with E-state index < -0.39 is 6.10 Å². The Hall–Kier alpha value is -1.16. The van der Waals surface area contributed by atoms with Gasteiger partial charge in [0, 0.05) is 17.6 Å².